The van der Waals surface area contributed by atoms with Crippen LogP contribution in [-0.4, -0.2) is 84.3 Å². The first-order valence-electron chi connectivity index (χ1n) is 12.9. The number of anilines is 1. The number of aliphatic carboxylic acids is 1. The zero-order chi connectivity index (χ0) is 30.2. The van der Waals surface area contributed by atoms with Crippen LogP contribution in [0.25, 0.3) is 0 Å². The summed E-state index contributed by atoms with van der Waals surface area (Å²) in [6, 6.07) is 9.44. The summed E-state index contributed by atoms with van der Waals surface area (Å²) in [6.45, 7) is 1.10. The number of carboxylic acids is 1. The number of thioether (sulfide) groups is 1. The number of alkyl halides is 2. The molecule has 2 aromatic carbocycles. The molecule has 3 amide bonds. The van der Waals surface area contributed by atoms with Crippen LogP contribution >= 0.6 is 35.0 Å². The molecule has 0 saturated carbocycles. The maximum atomic E-state index is 13.4. The highest BCUT2D eigenvalue weighted by Crippen LogP contribution is 2.18. The third-order valence-corrected chi connectivity index (χ3v) is 7.20. The van der Waals surface area contributed by atoms with Gasteiger partial charge in [-0.25, -0.2) is 9.18 Å². The molecular formula is C28H35Cl2FN4O5S. The predicted molar refractivity (Wildman–Crippen MR) is 161 cm³/mol. The van der Waals surface area contributed by atoms with Crippen molar-refractivity contribution < 1.29 is 28.7 Å². The molecule has 0 fully saturated rings. The first kappa shape index (κ1) is 34.2. The van der Waals surface area contributed by atoms with Crippen LogP contribution in [0, 0.1) is 5.82 Å². The lowest BCUT2D eigenvalue weighted by molar-refractivity contribution is -0.142. The summed E-state index contributed by atoms with van der Waals surface area (Å²) >= 11 is 13.4. The number of carbonyl (C=O) groups is 4. The molecule has 4 N–H and O–H groups in total. The van der Waals surface area contributed by atoms with E-state index >= 15 is 0 Å². The molecule has 41 heavy (non-hydrogen) atoms. The molecule has 0 aliphatic carbocycles. The summed E-state index contributed by atoms with van der Waals surface area (Å²) < 4.78 is 13.3. The minimum Gasteiger partial charge on any atom is -0.480 e. The van der Waals surface area contributed by atoms with Gasteiger partial charge in [0.25, 0.3) is 0 Å². The summed E-state index contributed by atoms with van der Waals surface area (Å²) in [7, 11) is 0. The first-order valence-corrected chi connectivity index (χ1v) is 15.4. The largest absolute Gasteiger partial charge is 0.480 e. The van der Waals surface area contributed by atoms with Gasteiger partial charge in [0.2, 0.25) is 18.2 Å². The van der Waals surface area contributed by atoms with Gasteiger partial charge in [-0.3, -0.25) is 14.4 Å². The Morgan fingerprint density at radius 1 is 0.951 bits per heavy atom. The van der Waals surface area contributed by atoms with Crippen LogP contribution in [-0.2, 0) is 32.0 Å². The zero-order valence-electron chi connectivity index (χ0n) is 22.7. The summed E-state index contributed by atoms with van der Waals surface area (Å²) in [5.41, 5.74) is 2.12. The van der Waals surface area contributed by atoms with E-state index in [0.29, 0.717) is 48.1 Å². The highest BCUT2D eigenvalue weighted by Gasteiger charge is 2.29. The van der Waals surface area contributed by atoms with Gasteiger partial charge in [0.15, 0.2) is 0 Å². The molecule has 13 heteroatoms. The molecule has 0 saturated heterocycles. The van der Waals surface area contributed by atoms with Crippen molar-refractivity contribution in [1.29, 1.82) is 0 Å². The Kier molecular flexibility index (Phi) is 15.4. The Hall–Kier alpha value is -3.02. The number of amides is 3. The molecule has 0 aliphatic heterocycles. The van der Waals surface area contributed by atoms with Crippen molar-refractivity contribution >= 4 is 64.8 Å². The van der Waals surface area contributed by atoms with Crippen LogP contribution in [0.5, 0.6) is 0 Å². The standard InChI is InChI=1S/C28H35Cl2FN4O5S/c1-41-14-9-23(28(39)40)33-27(38)25(17-20-3-2-4-22(15-20)35(12-10-29)13-11-30)34-26(37)24(32-18-36)16-19-5-7-21(31)8-6-19/h2-8,15,18,23-25H,9-14,16-17H2,1H3,(H,32,36)(H,33,38)(H,34,37)(H,39,40)/t23-,24-,25-/m0/s1. The van der Waals surface area contributed by atoms with Gasteiger partial charge in [0.05, 0.1) is 0 Å². The van der Waals surface area contributed by atoms with Gasteiger partial charge in [-0.15, -0.1) is 23.2 Å². The summed E-state index contributed by atoms with van der Waals surface area (Å²) in [6.07, 6.45) is 2.49. The zero-order valence-corrected chi connectivity index (χ0v) is 25.0. The molecule has 0 spiro atoms. The second-order valence-corrected chi connectivity index (χ2v) is 10.9. The number of hydrogen-bond donors (Lipinski definition) is 4. The highest BCUT2D eigenvalue weighted by atomic mass is 35.5. The summed E-state index contributed by atoms with van der Waals surface area (Å²) in [4.78, 5) is 51.8. The van der Waals surface area contributed by atoms with Crippen LogP contribution in [0.15, 0.2) is 48.5 Å². The van der Waals surface area contributed by atoms with E-state index in [4.69, 9.17) is 23.2 Å². The van der Waals surface area contributed by atoms with Gasteiger partial charge in [-0.1, -0.05) is 24.3 Å². The van der Waals surface area contributed by atoms with Crippen molar-refractivity contribution in [3.05, 3.63) is 65.5 Å². The molecule has 0 bridgehead atoms. The van der Waals surface area contributed by atoms with Gasteiger partial charge < -0.3 is 26.0 Å². The van der Waals surface area contributed by atoms with Crippen LogP contribution in [0.3, 0.4) is 0 Å². The van der Waals surface area contributed by atoms with Crippen molar-refractivity contribution in [2.75, 3.05) is 41.8 Å². The Balaban J connectivity index is 2.33. The number of rotatable bonds is 19. The van der Waals surface area contributed by atoms with Crippen LogP contribution in [0.2, 0.25) is 0 Å². The highest BCUT2D eigenvalue weighted by molar-refractivity contribution is 7.98. The minimum atomic E-state index is -1.19. The molecular weight excluding hydrogens is 594 g/mol. The molecule has 0 aromatic heterocycles. The second-order valence-electron chi connectivity index (χ2n) is 9.15. The topological polar surface area (TPSA) is 128 Å². The van der Waals surface area contributed by atoms with Gasteiger partial charge >= 0.3 is 5.97 Å². The van der Waals surface area contributed by atoms with Gasteiger partial charge in [-0.2, -0.15) is 11.8 Å². The Bertz CT molecular complexity index is 1140. The number of carboxylic acid groups (broad SMARTS) is 1. The SMILES string of the molecule is CSCC[C@H](NC(=O)[C@H](Cc1cccc(N(CCCl)CCCl)c1)NC(=O)[C@H](Cc1ccc(F)cc1)NC=O)C(=O)O. The van der Waals surface area contributed by atoms with Gasteiger partial charge in [-0.05, 0) is 53.8 Å². The molecule has 2 aromatic rings. The maximum Gasteiger partial charge on any atom is 0.326 e. The Labute approximate surface area is 253 Å². The van der Waals surface area contributed by atoms with Crippen LogP contribution in [0.1, 0.15) is 17.5 Å². The Morgan fingerprint density at radius 3 is 2.15 bits per heavy atom. The number of nitrogens with zero attached hydrogens (tertiary/aromatic N) is 1. The average molecular weight is 630 g/mol. The number of hydrogen-bond acceptors (Lipinski definition) is 6. The number of halogens is 3. The second kappa shape index (κ2) is 18.4. The van der Waals surface area contributed by atoms with E-state index < -0.39 is 41.7 Å². The van der Waals surface area contributed by atoms with E-state index in [1.165, 1.54) is 36.0 Å². The maximum absolute atomic E-state index is 13.4. The Morgan fingerprint density at radius 2 is 1.56 bits per heavy atom. The summed E-state index contributed by atoms with van der Waals surface area (Å²) in [5, 5.41) is 17.3. The lowest BCUT2D eigenvalue weighted by Gasteiger charge is -2.26. The molecule has 0 aliphatic rings. The number of benzene rings is 2. The smallest absolute Gasteiger partial charge is 0.326 e. The van der Waals surface area contributed by atoms with Crippen molar-refractivity contribution in [2.24, 2.45) is 0 Å². The van der Waals surface area contributed by atoms with E-state index in [-0.39, 0.29) is 19.3 Å². The van der Waals surface area contributed by atoms with Crippen molar-refractivity contribution in [3.8, 4) is 0 Å². The lowest BCUT2D eigenvalue weighted by Crippen LogP contribution is -2.56. The van der Waals surface area contributed by atoms with E-state index in [1.54, 1.807) is 12.1 Å². The monoisotopic (exact) mass is 628 g/mol. The van der Waals surface area contributed by atoms with Crippen LogP contribution < -0.4 is 20.9 Å². The quantitative estimate of drug-likeness (QED) is 0.139. The van der Waals surface area contributed by atoms with E-state index in [0.717, 1.165) is 5.69 Å². The molecule has 0 heterocycles. The average Bonchev–Trinajstić information content (AvgIpc) is 2.95. The fraction of sp³-hybridized carbons (Fsp3) is 0.429. The van der Waals surface area contributed by atoms with Gasteiger partial charge in [0, 0.05) is 43.4 Å². The summed E-state index contributed by atoms with van der Waals surface area (Å²) in [5.74, 6) is -1.68. The third kappa shape index (κ3) is 11.8. The van der Waals surface area contributed by atoms with Gasteiger partial charge in [0.1, 0.15) is 23.9 Å². The minimum absolute atomic E-state index is 0.0419. The predicted octanol–water partition coefficient (Wildman–Crippen LogP) is 2.82. The normalized spacial score (nSPS) is 13.0. The fourth-order valence-electron chi connectivity index (χ4n) is 4.10. The van der Waals surface area contributed by atoms with Crippen molar-refractivity contribution in [2.45, 2.75) is 37.4 Å². The van der Waals surface area contributed by atoms with E-state index in [9.17, 15) is 28.7 Å². The third-order valence-electron chi connectivity index (χ3n) is 6.22. The molecule has 2 rings (SSSR count). The first-order chi connectivity index (χ1) is 19.7. The molecule has 0 unspecified atom stereocenters. The number of carbonyl (C=O) groups excluding carboxylic acids is 3. The van der Waals surface area contributed by atoms with Crippen molar-refractivity contribution in [1.82, 2.24) is 16.0 Å². The van der Waals surface area contributed by atoms with Crippen LogP contribution in [0.4, 0.5) is 10.1 Å². The molecule has 3 atom stereocenters. The van der Waals surface area contributed by atoms with E-state index in [2.05, 4.69) is 16.0 Å². The fourth-order valence-corrected chi connectivity index (χ4v) is 4.98. The lowest BCUT2D eigenvalue weighted by atomic mass is 10.0. The molecule has 9 nitrogen and oxygen atoms in total. The molecule has 0 radical (unpaired) electrons. The molecule has 224 valence electrons. The van der Waals surface area contributed by atoms with E-state index in [1.807, 2.05) is 23.3 Å². The number of nitrogens with one attached hydrogen (secondary N) is 3. The van der Waals surface area contributed by atoms with Crippen molar-refractivity contribution in [3.63, 3.8) is 0 Å².